The quantitative estimate of drug-likeness (QED) is 0.559. The van der Waals surface area contributed by atoms with E-state index >= 15 is 0 Å². The molecule has 0 amide bonds. The van der Waals surface area contributed by atoms with Crippen molar-refractivity contribution in [2.24, 2.45) is 5.84 Å². The maximum absolute atomic E-state index is 5.29. The monoisotopic (exact) mass is 192 g/mol. The van der Waals surface area contributed by atoms with Crippen LogP contribution in [-0.4, -0.2) is 9.59 Å². The molecular formula is C8H8N4S. The minimum absolute atomic E-state index is 0.866. The lowest BCUT2D eigenvalue weighted by Crippen LogP contribution is -2.06. The molecule has 66 valence electrons. The van der Waals surface area contributed by atoms with Gasteiger partial charge in [-0.3, -0.25) is 5.84 Å². The second kappa shape index (κ2) is 3.51. The summed E-state index contributed by atoms with van der Waals surface area (Å²) in [6.45, 7) is 0. The molecule has 0 aliphatic rings. The standard InChI is InChI=1S/C8H8N4S/c9-10-7-3-1-2-6(4-7)8-5-13-12-11-8/h1-5,10H,9H2. The summed E-state index contributed by atoms with van der Waals surface area (Å²) in [7, 11) is 0. The summed E-state index contributed by atoms with van der Waals surface area (Å²) in [5.74, 6) is 5.29. The minimum atomic E-state index is 0.866. The summed E-state index contributed by atoms with van der Waals surface area (Å²) >= 11 is 1.34. The van der Waals surface area contributed by atoms with Crippen LogP contribution in [0.15, 0.2) is 29.6 Å². The van der Waals surface area contributed by atoms with Crippen molar-refractivity contribution in [3.63, 3.8) is 0 Å². The Labute approximate surface area is 79.5 Å². The molecule has 0 spiro atoms. The molecule has 0 unspecified atom stereocenters. The predicted molar refractivity (Wildman–Crippen MR) is 53.2 cm³/mol. The van der Waals surface area contributed by atoms with E-state index in [2.05, 4.69) is 15.0 Å². The van der Waals surface area contributed by atoms with Crippen molar-refractivity contribution in [2.75, 3.05) is 5.43 Å². The molecule has 0 radical (unpaired) electrons. The molecule has 0 bridgehead atoms. The molecule has 1 heterocycles. The number of anilines is 1. The van der Waals surface area contributed by atoms with Gasteiger partial charge in [0.1, 0.15) is 5.69 Å². The SMILES string of the molecule is NNc1cccc(-c2csnn2)c1. The molecule has 0 saturated heterocycles. The number of hydrazine groups is 1. The third-order valence-corrected chi connectivity index (χ3v) is 2.19. The van der Waals surface area contributed by atoms with Crippen LogP contribution in [0.2, 0.25) is 0 Å². The molecule has 0 aliphatic heterocycles. The van der Waals surface area contributed by atoms with Gasteiger partial charge in [0.25, 0.3) is 0 Å². The maximum atomic E-state index is 5.29. The van der Waals surface area contributed by atoms with Gasteiger partial charge in [-0.05, 0) is 23.7 Å². The van der Waals surface area contributed by atoms with Crippen molar-refractivity contribution in [1.82, 2.24) is 9.59 Å². The fourth-order valence-corrected chi connectivity index (χ4v) is 1.52. The predicted octanol–water partition coefficient (Wildman–Crippen LogP) is 1.49. The highest BCUT2D eigenvalue weighted by molar-refractivity contribution is 7.03. The van der Waals surface area contributed by atoms with Crippen LogP contribution < -0.4 is 11.3 Å². The zero-order valence-corrected chi connectivity index (χ0v) is 7.58. The lowest BCUT2D eigenvalue weighted by molar-refractivity contribution is 1.16. The Kier molecular flexibility index (Phi) is 2.20. The van der Waals surface area contributed by atoms with E-state index in [4.69, 9.17) is 5.84 Å². The average molecular weight is 192 g/mol. The van der Waals surface area contributed by atoms with Crippen molar-refractivity contribution in [3.05, 3.63) is 29.6 Å². The highest BCUT2D eigenvalue weighted by Gasteiger charge is 2.00. The first-order chi connectivity index (χ1) is 6.40. The molecule has 0 fully saturated rings. The van der Waals surface area contributed by atoms with E-state index in [1.54, 1.807) is 0 Å². The molecule has 0 saturated carbocycles. The normalized spacial score (nSPS) is 9.92. The van der Waals surface area contributed by atoms with Crippen LogP contribution in [0.1, 0.15) is 0 Å². The number of nitrogens with zero attached hydrogens (tertiary/aromatic N) is 2. The Morgan fingerprint density at radius 2 is 2.31 bits per heavy atom. The van der Waals surface area contributed by atoms with Crippen LogP contribution in [0, 0.1) is 0 Å². The van der Waals surface area contributed by atoms with Crippen molar-refractivity contribution in [3.8, 4) is 11.3 Å². The Morgan fingerprint density at radius 1 is 1.38 bits per heavy atom. The number of benzene rings is 1. The lowest BCUT2D eigenvalue weighted by Gasteiger charge is -2.00. The highest BCUT2D eigenvalue weighted by atomic mass is 32.1. The fraction of sp³-hybridized carbons (Fsp3) is 0. The summed E-state index contributed by atoms with van der Waals surface area (Å²) in [5.41, 5.74) is 5.35. The summed E-state index contributed by atoms with van der Waals surface area (Å²) in [5, 5.41) is 5.86. The number of nitrogens with one attached hydrogen (secondary N) is 1. The van der Waals surface area contributed by atoms with Crippen molar-refractivity contribution < 1.29 is 0 Å². The minimum Gasteiger partial charge on any atom is -0.324 e. The largest absolute Gasteiger partial charge is 0.324 e. The molecular weight excluding hydrogens is 184 g/mol. The number of hydrogen-bond donors (Lipinski definition) is 2. The van der Waals surface area contributed by atoms with E-state index in [9.17, 15) is 0 Å². The van der Waals surface area contributed by atoms with Crippen LogP contribution in [-0.2, 0) is 0 Å². The summed E-state index contributed by atoms with van der Waals surface area (Å²) < 4.78 is 3.79. The number of rotatable bonds is 2. The first-order valence-corrected chi connectivity index (χ1v) is 4.58. The van der Waals surface area contributed by atoms with Crippen LogP contribution in [0.3, 0.4) is 0 Å². The number of aromatic nitrogens is 2. The molecule has 1 aromatic carbocycles. The topological polar surface area (TPSA) is 63.8 Å². The van der Waals surface area contributed by atoms with Gasteiger partial charge in [0.2, 0.25) is 0 Å². The Balaban J connectivity index is 2.41. The molecule has 4 nitrogen and oxygen atoms in total. The Hall–Kier alpha value is -1.46. The van der Waals surface area contributed by atoms with Gasteiger partial charge >= 0.3 is 0 Å². The summed E-state index contributed by atoms with van der Waals surface area (Å²) in [6, 6.07) is 7.71. The Morgan fingerprint density at radius 3 is 3.00 bits per heavy atom. The fourth-order valence-electron chi connectivity index (χ4n) is 1.06. The first-order valence-electron chi connectivity index (χ1n) is 3.74. The molecule has 0 atom stereocenters. The van der Waals surface area contributed by atoms with Gasteiger partial charge in [-0.15, -0.1) is 5.10 Å². The highest BCUT2D eigenvalue weighted by Crippen LogP contribution is 2.20. The van der Waals surface area contributed by atoms with E-state index in [0.717, 1.165) is 16.9 Å². The third kappa shape index (κ3) is 1.66. The second-order valence-corrected chi connectivity index (χ2v) is 3.13. The van der Waals surface area contributed by atoms with Gasteiger partial charge in [0.05, 0.1) is 0 Å². The maximum Gasteiger partial charge on any atom is 0.105 e. The van der Waals surface area contributed by atoms with Crippen molar-refractivity contribution >= 4 is 17.2 Å². The zero-order valence-electron chi connectivity index (χ0n) is 6.77. The molecule has 13 heavy (non-hydrogen) atoms. The smallest absolute Gasteiger partial charge is 0.105 e. The van der Waals surface area contributed by atoms with Gasteiger partial charge in [-0.25, -0.2) is 0 Å². The van der Waals surface area contributed by atoms with Crippen LogP contribution >= 0.6 is 11.5 Å². The first kappa shape index (κ1) is 8.15. The Bertz CT molecular complexity index is 385. The van der Waals surface area contributed by atoms with Crippen LogP contribution in [0.4, 0.5) is 5.69 Å². The van der Waals surface area contributed by atoms with Crippen molar-refractivity contribution in [2.45, 2.75) is 0 Å². The van der Waals surface area contributed by atoms with Crippen LogP contribution in [0.5, 0.6) is 0 Å². The van der Waals surface area contributed by atoms with E-state index in [0.29, 0.717) is 0 Å². The molecule has 3 N–H and O–H groups in total. The van der Waals surface area contributed by atoms with Gasteiger partial charge in [0, 0.05) is 16.6 Å². The second-order valence-electron chi connectivity index (χ2n) is 2.52. The molecule has 2 aromatic rings. The van der Waals surface area contributed by atoms with E-state index in [1.165, 1.54) is 11.5 Å². The van der Waals surface area contributed by atoms with Gasteiger partial charge in [-0.1, -0.05) is 16.6 Å². The summed E-state index contributed by atoms with van der Waals surface area (Å²) in [4.78, 5) is 0. The van der Waals surface area contributed by atoms with E-state index < -0.39 is 0 Å². The zero-order chi connectivity index (χ0) is 9.10. The number of nitrogens with two attached hydrogens (primary N) is 1. The van der Waals surface area contributed by atoms with Gasteiger partial charge < -0.3 is 5.43 Å². The van der Waals surface area contributed by atoms with Crippen molar-refractivity contribution in [1.29, 1.82) is 0 Å². The van der Waals surface area contributed by atoms with Gasteiger partial charge in [0.15, 0.2) is 0 Å². The van der Waals surface area contributed by atoms with Crippen LogP contribution in [0.25, 0.3) is 11.3 Å². The number of hydrogen-bond acceptors (Lipinski definition) is 5. The molecule has 1 aromatic heterocycles. The average Bonchev–Trinajstić information content (AvgIpc) is 2.71. The lowest BCUT2D eigenvalue weighted by atomic mass is 10.1. The summed E-state index contributed by atoms with van der Waals surface area (Å²) in [6.07, 6.45) is 0. The molecule has 2 rings (SSSR count). The van der Waals surface area contributed by atoms with Gasteiger partial charge in [-0.2, -0.15) is 0 Å². The molecule has 0 aliphatic carbocycles. The van der Waals surface area contributed by atoms with E-state index in [1.807, 2.05) is 29.6 Å². The number of nitrogen functional groups attached to an aromatic ring is 1. The molecule has 5 heteroatoms. The third-order valence-electron chi connectivity index (χ3n) is 1.69. The van der Waals surface area contributed by atoms with E-state index in [-0.39, 0.29) is 0 Å².